The average molecular weight is 406 g/mol. The minimum Gasteiger partial charge on any atom is -0.497 e. The van der Waals surface area contributed by atoms with E-state index < -0.39 is 0 Å². The third kappa shape index (κ3) is 4.68. The Balaban J connectivity index is 1.71. The lowest BCUT2D eigenvalue weighted by Crippen LogP contribution is -2.30. The molecule has 0 aliphatic carbocycles. The Kier molecular flexibility index (Phi) is 6.51. The van der Waals surface area contributed by atoms with Gasteiger partial charge in [0.2, 0.25) is 0 Å². The summed E-state index contributed by atoms with van der Waals surface area (Å²) < 4.78 is 6.84. The van der Waals surface area contributed by atoms with Crippen LogP contribution in [0.25, 0.3) is 5.69 Å². The molecule has 0 bridgehead atoms. The summed E-state index contributed by atoms with van der Waals surface area (Å²) in [5, 5.41) is 4.44. The molecule has 0 fully saturated rings. The van der Waals surface area contributed by atoms with Crippen LogP contribution in [-0.4, -0.2) is 59.1 Å². The average Bonchev–Trinajstić information content (AvgIpc) is 3.27. The molecule has 3 aromatic rings. The van der Waals surface area contributed by atoms with Gasteiger partial charge in [0.1, 0.15) is 5.75 Å². The van der Waals surface area contributed by atoms with Crippen LogP contribution in [0.3, 0.4) is 0 Å². The van der Waals surface area contributed by atoms with Crippen molar-refractivity contribution in [1.82, 2.24) is 19.6 Å². The van der Waals surface area contributed by atoms with Crippen molar-refractivity contribution in [3.05, 3.63) is 77.6 Å². The summed E-state index contributed by atoms with van der Waals surface area (Å²) in [6.07, 6.45) is 1.77. The first-order valence-corrected chi connectivity index (χ1v) is 9.73. The summed E-state index contributed by atoms with van der Waals surface area (Å²) in [5.41, 5.74) is 2.80. The highest BCUT2D eigenvalue weighted by Crippen LogP contribution is 2.16. The summed E-state index contributed by atoms with van der Waals surface area (Å²) in [4.78, 5) is 28.2. The second-order valence-electron chi connectivity index (χ2n) is 7.06. The smallest absolute Gasteiger partial charge is 0.274 e. The van der Waals surface area contributed by atoms with Gasteiger partial charge in [-0.2, -0.15) is 5.10 Å². The number of nitrogens with zero attached hydrogens (tertiary/aromatic N) is 4. The zero-order valence-corrected chi connectivity index (χ0v) is 17.7. The third-order valence-electron chi connectivity index (χ3n) is 4.79. The lowest BCUT2D eigenvalue weighted by atomic mass is 10.1. The quantitative estimate of drug-likeness (QED) is 0.604. The Morgan fingerprint density at radius 3 is 2.20 bits per heavy atom. The number of rotatable bonds is 7. The highest BCUT2D eigenvalue weighted by molar-refractivity contribution is 5.94. The molecular weight excluding hydrogens is 380 g/mol. The van der Waals surface area contributed by atoms with E-state index in [-0.39, 0.29) is 11.8 Å². The summed E-state index contributed by atoms with van der Waals surface area (Å²) in [6, 6.07) is 16.5. The second kappa shape index (κ2) is 9.26. The number of benzene rings is 2. The van der Waals surface area contributed by atoms with E-state index in [2.05, 4.69) is 5.10 Å². The molecule has 0 aliphatic rings. The summed E-state index contributed by atoms with van der Waals surface area (Å²) in [7, 11) is 5.06. The number of carbonyl (C=O) groups is 2. The maximum absolute atomic E-state index is 13.0. The third-order valence-corrected chi connectivity index (χ3v) is 4.79. The van der Waals surface area contributed by atoms with Crippen LogP contribution < -0.4 is 4.74 Å². The van der Waals surface area contributed by atoms with E-state index in [1.54, 1.807) is 55.2 Å². The number of ether oxygens (including phenoxy) is 1. The van der Waals surface area contributed by atoms with E-state index in [9.17, 15) is 9.59 Å². The van der Waals surface area contributed by atoms with Crippen molar-refractivity contribution < 1.29 is 14.3 Å². The molecule has 0 N–H and O–H groups in total. The Hall–Kier alpha value is -3.61. The van der Waals surface area contributed by atoms with E-state index in [0.29, 0.717) is 24.3 Å². The molecular formula is C23H26N4O3. The van der Waals surface area contributed by atoms with E-state index in [1.165, 1.54) is 4.90 Å². The summed E-state index contributed by atoms with van der Waals surface area (Å²) in [6.45, 7) is 2.93. The zero-order chi connectivity index (χ0) is 21.7. The van der Waals surface area contributed by atoms with Crippen molar-refractivity contribution in [2.45, 2.75) is 13.5 Å². The Labute approximate surface area is 176 Å². The van der Waals surface area contributed by atoms with Crippen LogP contribution in [0, 0.1) is 0 Å². The highest BCUT2D eigenvalue weighted by atomic mass is 16.5. The van der Waals surface area contributed by atoms with E-state index in [1.807, 2.05) is 43.3 Å². The first kappa shape index (κ1) is 21.1. The van der Waals surface area contributed by atoms with Crippen LogP contribution in [-0.2, 0) is 6.54 Å². The largest absolute Gasteiger partial charge is 0.497 e. The van der Waals surface area contributed by atoms with Crippen molar-refractivity contribution in [2.24, 2.45) is 0 Å². The van der Waals surface area contributed by atoms with Crippen molar-refractivity contribution in [3.8, 4) is 11.4 Å². The van der Waals surface area contributed by atoms with Crippen molar-refractivity contribution in [1.29, 1.82) is 0 Å². The minimum absolute atomic E-state index is 0.0472. The molecule has 2 aromatic carbocycles. The number of hydrogen-bond acceptors (Lipinski definition) is 4. The van der Waals surface area contributed by atoms with Gasteiger partial charge in [-0.1, -0.05) is 12.1 Å². The van der Waals surface area contributed by atoms with Gasteiger partial charge in [-0.15, -0.1) is 0 Å². The van der Waals surface area contributed by atoms with Crippen LogP contribution in [0.2, 0.25) is 0 Å². The molecule has 7 nitrogen and oxygen atoms in total. The van der Waals surface area contributed by atoms with Crippen molar-refractivity contribution in [2.75, 3.05) is 27.7 Å². The van der Waals surface area contributed by atoms with Crippen LogP contribution in [0.4, 0.5) is 0 Å². The molecule has 1 heterocycles. The van der Waals surface area contributed by atoms with Crippen LogP contribution in [0.15, 0.2) is 60.8 Å². The Bertz CT molecular complexity index is 1010. The second-order valence-corrected chi connectivity index (χ2v) is 7.06. The van der Waals surface area contributed by atoms with Gasteiger partial charge in [0.25, 0.3) is 11.8 Å². The lowest BCUT2D eigenvalue weighted by molar-refractivity contribution is 0.0745. The van der Waals surface area contributed by atoms with E-state index in [0.717, 1.165) is 17.0 Å². The Morgan fingerprint density at radius 2 is 1.63 bits per heavy atom. The summed E-state index contributed by atoms with van der Waals surface area (Å²) in [5.74, 6) is 0.574. The number of aromatic nitrogens is 2. The molecule has 0 radical (unpaired) electrons. The molecule has 30 heavy (non-hydrogen) atoms. The molecule has 0 saturated heterocycles. The molecule has 0 saturated carbocycles. The van der Waals surface area contributed by atoms with Crippen LogP contribution >= 0.6 is 0 Å². The van der Waals surface area contributed by atoms with Crippen LogP contribution in [0.5, 0.6) is 5.75 Å². The van der Waals surface area contributed by atoms with Gasteiger partial charge in [-0.25, -0.2) is 4.68 Å². The zero-order valence-electron chi connectivity index (χ0n) is 17.7. The highest BCUT2D eigenvalue weighted by Gasteiger charge is 2.18. The fourth-order valence-corrected chi connectivity index (χ4v) is 3.04. The fourth-order valence-electron chi connectivity index (χ4n) is 3.04. The first-order chi connectivity index (χ1) is 14.4. The van der Waals surface area contributed by atoms with E-state index >= 15 is 0 Å². The van der Waals surface area contributed by atoms with Crippen LogP contribution in [0.1, 0.15) is 33.3 Å². The maximum Gasteiger partial charge on any atom is 0.274 e. The molecule has 156 valence electrons. The summed E-state index contributed by atoms with van der Waals surface area (Å²) >= 11 is 0. The molecule has 0 spiro atoms. The molecule has 1 aromatic heterocycles. The number of amides is 2. The molecule has 0 unspecified atom stereocenters. The van der Waals surface area contributed by atoms with Crippen molar-refractivity contribution in [3.63, 3.8) is 0 Å². The number of hydrogen-bond donors (Lipinski definition) is 0. The van der Waals surface area contributed by atoms with Gasteiger partial charge in [0.05, 0.1) is 12.8 Å². The fraction of sp³-hybridized carbons (Fsp3) is 0.261. The predicted octanol–water partition coefficient (Wildman–Crippen LogP) is 3.25. The maximum atomic E-state index is 13.0. The van der Waals surface area contributed by atoms with Gasteiger partial charge in [-0.05, 0) is 55.0 Å². The van der Waals surface area contributed by atoms with Gasteiger partial charge in [0.15, 0.2) is 5.69 Å². The van der Waals surface area contributed by atoms with Gasteiger partial charge < -0.3 is 14.5 Å². The number of methoxy groups -OCH3 is 1. The normalized spacial score (nSPS) is 10.5. The topological polar surface area (TPSA) is 67.7 Å². The first-order valence-electron chi connectivity index (χ1n) is 9.73. The minimum atomic E-state index is -0.141. The molecule has 7 heteroatoms. The van der Waals surface area contributed by atoms with Gasteiger partial charge >= 0.3 is 0 Å². The van der Waals surface area contributed by atoms with Gasteiger partial charge in [0, 0.05) is 38.9 Å². The molecule has 2 amide bonds. The number of carbonyl (C=O) groups excluding carboxylic acids is 2. The molecule has 0 aliphatic heterocycles. The molecule has 0 atom stereocenters. The molecule has 3 rings (SSSR count). The van der Waals surface area contributed by atoms with Crippen molar-refractivity contribution >= 4 is 11.8 Å². The monoisotopic (exact) mass is 406 g/mol. The Morgan fingerprint density at radius 1 is 0.967 bits per heavy atom. The lowest BCUT2D eigenvalue weighted by Gasteiger charge is -2.20. The van der Waals surface area contributed by atoms with Gasteiger partial charge in [-0.3, -0.25) is 9.59 Å². The predicted molar refractivity (Wildman–Crippen MR) is 115 cm³/mol. The standard InChI is InChI=1S/C23H26N4O3/c1-5-26(16-17-6-8-18(9-7-17)22(28)25(2)3)23(29)21-14-15-27(24-21)19-10-12-20(30-4)13-11-19/h6-15H,5,16H2,1-4H3. The van der Waals surface area contributed by atoms with E-state index in [4.69, 9.17) is 4.74 Å². The SMILES string of the molecule is CCN(Cc1ccc(C(=O)N(C)C)cc1)C(=O)c1ccn(-c2ccc(OC)cc2)n1.